The number of hydrogen-bond acceptors (Lipinski definition) is 5. The molecule has 2 N–H and O–H groups in total. The van der Waals surface area contributed by atoms with Crippen LogP contribution in [0.4, 0.5) is 10.5 Å². The highest BCUT2D eigenvalue weighted by atomic mass is 16.5. The highest BCUT2D eigenvalue weighted by Crippen LogP contribution is 2.27. The van der Waals surface area contributed by atoms with Crippen LogP contribution in [-0.2, 0) is 0 Å². The first-order valence-electron chi connectivity index (χ1n) is 8.97. The van der Waals surface area contributed by atoms with E-state index in [1.165, 1.54) is 16.4 Å². The monoisotopic (exact) mass is 380 g/mol. The first-order chi connectivity index (χ1) is 13.6. The van der Waals surface area contributed by atoms with Crippen molar-refractivity contribution in [1.82, 2.24) is 14.3 Å². The van der Waals surface area contributed by atoms with Gasteiger partial charge in [-0.25, -0.2) is 4.79 Å². The predicted molar refractivity (Wildman–Crippen MR) is 105 cm³/mol. The largest absolute Gasteiger partial charge is 0.480 e. The molecule has 28 heavy (non-hydrogen) atoms. The molecule has 0 spiro atoms. The first-order valence-corrected chi connectivity index (χ1v) is 8.97. The molecule has 1 amide bonds. The van der Waals surface area contributed by atoms with Crippen LogP contribution in [0.5, 0.6) is 5.88 Å². The minimum atomic E-state index is -0.893. The summed E-state index contributed by atoms with van der Waals surface area (Å²) in [4.78, 5) is 29.8. The number of hydrogen-bond donors (Lipinski definition) is 2. The molecule has 2 aromatic heterocycles. The molecular formula is C20H20N4O4. The molecule has 4 rings (SSSR count). The van der Waals surface area contributed by atoms with Gasteiger partial charge in [0.2, 0.25) is 5.88 Å². The quantitative estimate of drug-likeness (QED) is 0.722. The fraction of sp³-hybridized carbons (Fsp3) is 0.250. The van der Waals surface area contributed by atoms with Crippen molar-refractivity contribution in [2.45, 2.75) is 12.5 Å². The Kier molecular flexibility index (Phi) is 4.60. The molecule has 3 heterocycles. The Morgan fingerprint density at radius 2 is 2.04 bits per heavy atom. The van der Waals surface area contributed by atoms with E-state index in [1.807, 2.05) is 30.3 Å². The second kappa shape index (κ2) is 7.22. The Labute approximate surface area is 161 Å². The van der Waals surface area contributed by atoms with Gasteiger partial charge in [0.05, 0.1) is 7.11 Å². The van der Waals surface area contributed by atoms with Crippen molar-refractivity contribution in [1.29, 1.82) is 0 Å². The number of anilines is 1. The number of ether oxygens (including phenoxy) is 1. The third kappa shape index (κ3) is 3.24. The van der Waals surface area contributed by atoms with Crippen LogP contribution in [0.2, 0.25) is 0 Å². The molecule has 1 atom stereocenters. The van der Waals surface area contributed by atoms with Gasteiger partial charge < -0.3 is 20.1 Å². The number of carbonyl (C=O) groups is 1. The highest BCUT2D eigenvalue weighted by Gasteiger charge is 2.25. The van der Waals surface area contributed by atoms with Crippen LogP contribution >= 0.6 is 0 Å². The van der Waals surface area contributed by atoms with Crippen molar-refractivity contribution < 1.29 is 14.6 Å². The maximum absolute atomic E-state index is 12.9. The molecule has 3 aromatic rings. The third-order valence-corrected chi connectivity index (χ3v) is 4.90. The predicted octanol–water partition coefficient (Wildman–Crippen LogP) is 2.53. The molecule has 144 valence electrons. The molecule has 1 aromatic carbocycles. The van der Waals surface area contributed by atoms with Crippen molar-refractivity contribution in [3.8, 4) is 17.0 Å². The topological polar surface area (TPSA) is 96.2 Å². The summed E-state index contributed by atoms with van der Waals surface area (Å²) in [5, 5.41) is 12.4. The Morgan fingerprint density at radius 1 is 1.25 bits per heavy atom. The summed E-state index contributed by atoms with van der Waals surface area (Å²) in [5.74, 6) is 0.282. The number of methoxy groups -OCH3 is 1. The minimum Gasteiger partial charge on any atom is -0.480 e. The number of amides is 1. The van der Waals surface area contributed by atoms with Gasteiger partial charge in [0.25, 0.3) is 5.56 Å². The summed E-state index contributed by atoms with van der Waals surface area (Å²) in [6.07, 6.45) is 1.55. The van der Waals surface area contributed by atoms with Gasteiger partial charge in [0.15, 0.2) is 0 Å². The molecule has 0 aliphatic carbocycles. The number of benzene rings is 1. The summed E-state index contributed by atoms with van der Waals surface area (Å²) >= 11 is 0. The molecule has 0 bridgehead atoms. The summed E-state index contributed by atoms with van der Waals surface area (Å²) in [5.41, 5.74) is 2.30. The first kappa shape index (κ1) is 17.8. The van der Waals surface area contributed by atoms with E-state index in [1.54, 1.807) is 18.3 Å². The molecule has 1 aliphatic heterocycles. The molecule has 1 aliphatic rings. The molecule has 1 saturated heterocycles. The molecule has 1 fully saturated rings. The second-order valence-corrected chi connectivity index (χ2v) is 6.67. The molecule has 0 radical (unpaired) electrons. The molecule has 1 unspecified atom stereocenters. The van der Waals surface area contributed by atoms with Crippen molar-refractivity contribution >= 4 is 17.4 Å². The van der Waals surface area contributed by atoms with E-state index < -0.39 is 6.09 Å². The Balaban J connectivity index is 1.62. The van der Waals surface area contributed by atoms with Crippen molar-refractivity contribution in [3.63, 3.8) is 0 Å². The Morgan fingerprint density at radius 3 is 2.71 bits per heavy atom. The fourth-order valence-electron chi connectivity index (χ4n) is 3.48. The molecule has 8 nitrogen and oxygen atoms in total. The van der Waals surface area contributed by atoms with E-state index in [4.69, 9.17) is 9.84 Å². The van der Waals surface area contributed by atoms with Gasteiger partial charge in [-0.15, -0.1) is 0 Å². The lowest BCUT2D eigenvalue weighted by atomic mass is 10.1. The Bertz CT molecular complexity index is 1080. The number of nitrogens with zero attached hydrogens (tertiary/aromatic N) is 3. The van der Waals surface area contributed by atoms with Crippen LogP contribution in [-0.4, -0.2) is 51.7 Å². The van der Waals surface area contributed by atoms with Gasteiger partial charge in [-0.05, 0) is 36.2 Å². The van der Waals surface area contributed by atoms with Gasteiger partial charge in [0, 0.05) is 31.0 Å². The zero-order chi connectivity index (χ0) is 19.7. The zero-order valence-corrected chi connectivity index (χ0v) is 15.3. The van der Waals surface area contributed by atoms with Gasteiger partial charge >= 0.3 is 6.09 Å². The zero-order valence-electron chi connectivity index (χ0n) is 15.3. The lowest BCUT2D eigenvalue weighted by Gasteiger charge is -2.15. The highest BCUT2D eigenvalue weighted by molar-refractivity contribution is 5.71. The van der Waals surface area contributed by atoms with E-state index in [0.717, 1.165) is 12.1 Å². The normalized spacial score (nSPS) is 16.3. The smallest absolute Gasteiger partial charge is 0.407 e. The number of likely N-dealkylation sites (tertiary alicyclic amines) is 1. The van der Waals surface area contributed by atoms with E-state index in [9.17, 15) is 9.59 Å². The van der Waals surface area contributed by atoms with E-state index in [2.05, 4.69) is 10.3 Å². The van der Waals surface area contributed by atoms with E-state index >= 15 is 0 Å². The number of rotatable bonds is 4. The van der Waals surface area contributed by atoms with Gasteiger partial charge in [-0.3, -0.25) is 9.20 Å². The molecule has 0 saturated carbocycles. The van der Waals surface area contributed by atoms with E-state index in [-0.39, 0.29) is 17.5 Å². The SMILES string of the molecule is COc1nc2ccccn2c(=O)c1-c1ccc(NC2CCN(C(=O)O)C2)cc1. The van der Waals surface area contributed by atoms with Crippen LogP contribution in [0.1, 0.15) is 6.42 Å². The van der Waals surface area contributed by atoms with E-state index in [0.29, 0.717) is 29.9 Å². The van der Waals surface area contributed by atoms with Crippen LogP contribution in [0.25, 0.3) is 16.8 Å². The summed E-state index contributed by atoms with van der Waals surface area (Å²) < 4.78 is 6.85. The summed E-state index contributed by atoms with van der Waals surface area (Å²) in [6.45, 7) is 0.989. The average molecular weight is 380 g/mol. The maximum atomic E-state index is 12.9. The van der Waals surface area contributed by atoms with Crippen molar-refractivity contribution in [2.75, 3.05) is 25.5 Å². The Hall–Kier alpha value is -3.55. The van der Waals surface area contributed by atoms with Gasteiger partial charge in [-0.1, -0.05) is 18.2 Å². The standard InChI is InChI=1S/C20H20N4O4/c1-28-18-17(19(25)24-10-3-2-4-16(24)22-18)13-5-7-14(8-6-13)21-15-9-11-23(12-15)20(26)27/h2-8,10,15,21H,9,11-12H2,1H3,(H,26,27). The summed E-state index contributed by atoms with van der Waals surface area (Å²) in [6, 6.07) is 12.8. The summed E-state index contributed by atoms with van der Waals surface area (Å²) in [7, 11) is 1.49. The number of carboxylic acid groups (broad SMARTS) is 1. The number of pyridine rings is 1. The van der Waals surface area contributed by atoms with Crippen molar-refractivity contribution in [2.24, 2.45) is 0 Å². The van der Waals surface area contributed by atoms with Crippen LogP contribution in [0.3, 0.4) is 0 Å². The molecule has 8 heteroatoms. The average Bonchev–Trinajstić information content (AvgIpc) is 3.17. The lowest BCUT2D eigenvalue weighted by Crippen LogP contribution is -2.30. The van der Waals surface area contributed by atoms with Crippen LogP contribution in [0.15, 0.2) is 53.5 Å². The third-order valence-electron chi connectivity index (χ3n) is 4.90. The minimum absolute atomic E-state index is 0.0736. The van der Waals surface area contributed by atoms with Crippen LogP contribution < -0.4 is 15.6 Å². The maximum Gasteiger partial charge on any atom is 0.407 e. The number of aromatic nitrogens is 2. The molecular weight excluding hydrogens is 360 g/mol. The van der Waals surface area contributed by atoms with Crippen LogP contribution in [0, 0.1) is 0 Å². The second-order valence-electron chi connectivity index (χ2n) is 6.67. The van der Waals surface area contributed by atoms with Gasteiger partial charge in [0.1, 0.15) is 11.2 Å². The number of fused-ring (bicyclic) bond motifs is 1. The lowest BCUT2D eigenvalue weighted by molar-refractivity contribution is 0.155. The van der Waals surface area contributed by atoms with Crippen molar-refractivity contribution in [3.05, 3.63) is 59.0 Å². The number of nitrogens with one attached hydrogen (secondary N) is 1. The fourth-order valence-corrected chi connectivity index (χ4v) is 3.48. The van der Waals surface area contributed by atoms with Gasteiger partial charge in [-0.2, -0.15) is 4.98 Å².